The Morgan fingerprint density at radius 2 is 1.76 bits per heavy atom. The predicted octanol–water partition coefficient (Wildman–Crippen LogP) is 2.39. The highest BCUT2D eigenvalue weighted by Crippen LogP contribution is 2.06. The van der Waals surface area contributed by atoms with E-state index in [9.17, 15) is 0 Å². The molecule has 0 saturated heterocycles. The lowest BCUT2D eigenvalue weighted by Gasteiger charge is -1.95. The van der Waals surface area contributed by atoms with Crippen LogP contribution in [0.2, 0.25) is 0 Å². The number of hydrogen-bond donors (Lipinski definition) is 1. The molecular formula is C18H16N2O. The van der Waals surface area contributed by atoms with Crippen LogP contribution >= 0.6 is 0 Å². The van der Waals surface area contributed by atoms with Crippen molar-refractivity contribution >= 4 is 0 Å². The van der Waals surface area contributed by atoms with E-state index in [1.807, 2.05) is 24.3 Å². The molecule has 0 unspecified atom stereocenters. The van der Waals surface area contributed by atoms with E-state index in [2.05, 4.69) is 33.6 Å². The highest BCUT2D eigenvalue weighted by atomic mass is 16.2. The average Bonchev–Trinajstić information content (AvgIpc) is 2.55. The van der Waals surface area contributed by atoms with Crippen molar-refractivity contribution in [1.82, 2.24) is 9.97 Å². The normalized spacial score (nSPS) is 9.19. The van der Waals surface area contributed by atoms with Crippen molar-refractivity contribution in [2.75, 3.05) is 6.61 Å². The van der Waals surface area contributed by atoms with Gasteiger partial charge in [0.05, 0.1) is 6.20 Å². The summed E-state index contributed by atoms with van der Waals surface area (Å²) in [5.41, 5.74) is 2.44. The predicted molar refractivity (Wildman–Crippen MR) is 82.3 cm³/mol. The number of aromatic nitrogens is 2. The second-order valence-corrected chi connectivity index (χ2v) is 4.37. The third-order valence-electron chi connectivity index (χ3n) is 2.75. The van der Waals surface area contributed by atoms with Crippen LogP contribution in [-0.4, -0.2) is 21.7 Å². The molecular weight excluding hydrogens is 260 g/mol. The Labute approximate surface area is 125 Å². The van der Waals surface area contributed by atoms with Gasteiger partial charge in [-0.2, -0.15) is 0 Å². The van der Waals surface area contributed by atoms with Gasteiger partial charge in [0, 0.05) is 36.5 Å². The fourth-order valence-corrected chi connectivity index (χ4v) is 1.68. The molecule has 0 aliphatic carbocycles. The molecule has 1 heterocycles. The Morgan fingerprint density at radius 3 is 2.48 bits per heavy atom. The van der Waals surface area contributed by atoms with Crippen molar-refractivity contribution in [2.45, 2.75) is 19.3 Å². The van der Waals surface area contributed by atoms with E-state index in [4.69, 9.17) is 5.11 Å². The lowest BCUT2D eigenvalue weighted by Crippen LogP contribution is -1.85. The van der Waals surface area contributed by atoms with Gasteiger partial charge >= 0.3 is 0 Å². The molecule has 0 atom stereocenters. The van der Waals surface area contributed by atoms with Crippen molar-refractivity contribution in [1.29, 1.82) is 0 Å². The van der Waals surface area contributed by atoms with Gasteiger partial charge in [-0.05, 0) is 30.9 Å². The summed E-state index contributed by atoms with van der Waals surface area (Å²) in [4.78, 5) is 8.11. The molecule has 0 saturated carbocycles. The van der Waals surface area contributed by atoms with Crippen LogP contribution in [0.4, 0.5) is 0 Å². The van der Waals surface area contributed by atoms with E-state index in [0.717, 1.165) is 30.4 Å². The van der Waals surface area contributed by atoms with E-state index in [1.54, 1.807) is 18.6 Å². The van der Waals surface area contributed by atoms with Crippen LogP contribution < -0.4 is 0 Å². The van der Waals surface area contributed by atoms with Crippen LogP contribution in [0.5, 0.6) is 0 Å². The summed E-state index contributed by atoms with van der Waals surface area (Å²) in [5, 5.41) is 8.73. The average molecular weight is 276 g/mol. The van der Waals surface area contributed by atoms with Gasteiger partial charge in [0.15, 0.2) is 0 Å². The van der Waals surface area contributed by atoms with E-state index < -0.39 is 0 Å². The number of unbranched alkanes of at least 4 members (excludes halogenated alkanes) is 2. The van der Waals surface area contributed by atoms with E-state index in [1.165, 1.54) is 0 Å². The van der Waals surface area contributed by atoms with Gasteiger partial charge in [-0.25, -0.2) is 4.98 Å². The first kappa shape index (κ1) is 14.8. The minimum absolute atomic E-state index is 0.224. The zero-order chi connectivity index (χ0) is 14.8. The monoisotopic (exact) mass is 276 g/mol. The Balaban J connectivity index is 2.12. The summed E-state index contributed by atoms with van der Waals surface area (Å²) in [6, 6.07) is 7.80. The largest absolute Gasteiger partial charge is 0.396 e. The van der Waals surface area contributed by atoms with Crippen molar-refractivity contribution in [3.8, 4) is 23.7 Å². The van der Waals surface area contributed by atoms with Gasteiger partial charge in [-0.1, -0.05) is 29.9 Å². The lowest BCUT2D eigenvalue weighted by molar-refractivity contribution is 0.285. The number of hydrogen-bond acceptors (Lipinski definition) is 3. The molecule has 1 aromatic carbocycles. The molecule has 0 radical (unpaired) electrons. The zero-order valence-corrected chi connectivity index (χ0v) is 11.7. The molecule has 0 fully saturated rings. The zero-order valence-electron chi connectivity index (χ0n) is 11.7. The summed E-state index contributed by atoms with van der Waals surface area (Å²) in [6.07, 6.45) is 7.37. The van der Waals surface area contributed by atoms with Crippen LogP contribution in [0.3, 0.4) is 0 Å². The smallest absolute Gasteiger partial charge is 0.131 e. The molecule has 2 aromatic rings. The van der Waals surface area contributed by atoms with Crippen LogP contribution in [0.15, 0.2) is 42.9 Å². The molecule has 3 nitrogen and oxygen atoms in total. The standard InChI is InChI=1S/C18H16N2O/c21-14-6-2-1-3-7-16-8-4-5-9-17(16)10-11-18-15-19-12-13-20-18/h4-5,8-9,12-13,15,21H,1-2,6,14H2. The quantitative estimate of drug-likeness (QED) is 0.691. The maximum Gasteiger partial charge on any atom is 0.131 e. The van der Waals surface area contributed by atoms with Gasteiger partial charge in [0.1, 0.15) is 5.69 Å². The first-order chi connectivity index (χ1) is 10.4. The van der Waals surface area contributed by atoms with Gasteiger partial charge in [-0.15, -0.1) is 0 Å². The van der Waals surface area contributed by atoms with Gasteiger partial charge < -0.3 is 5.11 Å². The van der Waals surface area contributed by atoms with E-state index in [-0.39, 0.29) is 6.61 Å². The fraction of sp³-hybridized carbons (Fsp3) is 0.222. The van der Waals surface area contributed by atoms with Crippen LogP contribution in [0.1, 0.15) is 36.1 Å². The number of nitrogens with zero attached hydrogens (tertiary/aromatic N) is 2. The summed E-state index contributed by atoms with van der Waals surface area (Å²) < 4.78 is 0. The molecule has 104 valence electrons. The van der Waals surface area contributed by atoms with Crippen LogP contribution in [0.25, 0.3) is 0 Å². The minimum Gasteiger partial charge on any atom is -0.396 e. The van der Waals surface area contributed by atoms with E-state index in [0.29, 0.717) is 5.69 Å². The molecule has 3 heteroatoms. The third-order valence-corrected chi connectivity index (χ3v) is 2.75. The summed E-state index contributed by atoms with van der Waals surface area (Å²) >= 11 is 0. The van der Waals surface area contributed by atoms with Gasteiger partial charge in [0.25, 0.3) is 0 Å². The Morgan fingerprint density at radius 1 is 0.952 bits per heavy atom. The Bertz CT molecular complexity index is 688. The fourth-order valence-electron chi connectivity index (χ4n) is 1.68. The highest BCUT2D eigenvalue weighted by Gasteiger charge is 1.94. The van der Waals surface area contributed by atoms with Crippen LogP contribution in [-0.2, 0) is 0 Å². The number of rotatable bonds is 3. The molecule has 0 aliphatic heterocycles. The molecule has 1 N–H and O–H groups in total. The van der Waals surface area contributed by atoms with Crippen LogP contribution in [0, 0.1) is 23.7 Å². The summed E-state index contributed by atoms with van der Waals surface area (Å²) in [6.45, 7) is 0.224. The van der Waals surface area contributed by atoms with Gasteiger partial charge in [-0.3, -0.25) is 4.98 Å². The molecule has 0 aliphatic rings. The number of aliphatic hydroxyl groups is 1. The van der Waals surface area contributed by atoms with E-state index >= 15 is 0 Å². The number of benzene rings is 1. The first-order valence-corrected chi connectivity index (χ1v) is 6.87. The molecule has 2 rings (SSSR count). The minimum atomic E-state index is 0.224. The van der Waals surface area contributed by atoms with Gasteiger partial charge in [0.2, 0.25) is 0 Å². The maximum absolute atomic E-state index is 8.73. The molecule has 0 amide bonds. The summed E-state index contributed by atoms with van der Waals surface area (Å²) in [5.74, 6) is 12.3. The van der Waals surface area contributed by atoms with Crippen molar-refractivity contribution in [3.63, 3.8) is 0 Å². The highest BCUT2D eigenvalue weighted by molar-refractivity contribution is 5.51. The maximum atomic E-state index is 8.73. The Kier molecular flexibility index (Phi) is 6.00. The topological polar surface area (TPSA) is 46.0 Å². The molecule has 0 bridgehead atoms. The number of aliphatic hydroxyl groups excluding tert-OH is 1. The van der Waals surface area contributed by atoms with Crippen molar-refractivity contribution in [3.05, 3.63) is 59.7 Å². The van der Waals surface area contributed by atoms with Crippen molar-refractivity contribution < 1.29 is 5.11 Å². The SMILES string of the molecule is OCCCCC#Cc1ccccc1C#Cc1cnccn1. The second kappa shape index (κ2) is 8.53. The lowest BCUT2D eigenvalue weighted by atomic mass is 10.1. The third kappa shape index (κ3) is 5.10. The Hall–Kier alpha value is -2.62. The molecule has 21 heavy (non-hydrogen) atoms. The van der Waals surface area contributed by atoms with Crippen molar-refractivity contribution in [2.24, 2.45) is 0 Å². The molecule has 1 aromatic heterocycles. The first-order valence-electron chi connectivity index (χ1n) is 6.87. The summed E-state index contributed by atoms with van der Waals surface area (Å²) in [7, 11) is 0. The molecule has 0 spiro atoms. The second-order valence-electron chi connectivity index (χ2n) is 4.37.